The van der Waals surface area contributed by atoms with Gasteiger partial charge in [0, 0.05) is 0 Å². The number of aliphatic hydroxyl groups is 1. The molecule has 1 fully saturated rings. The molecule has 0 saturated carbocycles. The Morgan fingerprint density at radius 3 is 2.17 bits per heavy atom. The Balaban J connectivity index is 1.74. The number of benzene rings is 1. The molecule has 2 aliphatic rings. The molecule has 1 aromatic carbocycles. The molecule has 0 radical (unpaired) electrons. The summed E-state index contributed by atoms with van der Waals surface area (Å²) in [5.41, 5.74) is 1.40. The molecule has 1 N–H and O–H groups in total. The second-order valence-electron chi connectivity index (χ2n) is 7.10. The molecule has 1 atom stereocenters. The largest absolute Gasteiger partial charge is 0.494 e. The molecule has 124 valence electrons. The van der Waals surface area contributed by atoms with Gasteiger partial charge in [0.15, 0.2) is 6.67 Å². The highest BCUT2D eigenvalue weighted by Crippen LogP contribution is 2.36. The van der Waals surface area contributed by atoms with E-state index < -0.39 is 30.8 Å². The Hall–Kier alpha value is -1.44. The number of rotatable bonds is 3. The molecule has 1 aromatic rings. The van der Waals surface area contributed by atoms with Crippen LogP contribution in [0.25, 0.3) is 0 Å². The third-order valence-electron chi connectivity index (χ3n) is 4.75. The Morgan fingerprint density at radius 1 is 1.13 bits per heavy atom. The van der Waals surface area contributed by atoms with E-state index in [0.29, 0.717) is 5.71 Å². The third-order valence-corrected chi connectivity index (χ3v) is 4.75. The molecule has 2 heterocycles. The van der Waals surface area contributed by atoms with Gasteiger partial charge in [-0.25, -0.2) is 4.39 Å². The van der Waals surface area contributed by atoms with E-state index in [-0.39, 0.29) is 6.42 Å². The van der Waals surface area contributed by atoms with Gasteiger partial charge < -0.3 is 19.3 Å². The number of hydrogen-bond donors (Lipinski definition) is 1. The van der Waals surface area contributed by atoms with E-state index in [0.717, 1.165) is 11.0 Å². The van der Waals surface area contributed by atoms with Crippen molar-refractivity contribution < 1.29 is 23.6 Å². The quantitative estimate of drug-likeness (QED) is 0.862. The van der Waals surface area contributed by atoms with E-state index in [1.165, 1.54) is 0 Å². The summed E-state index contributed by atoms with van der Waals surface area (Å²) in [4.78, 5) is 4.76. The van der Waals surface area contributed by atoms with E-state index in [1.807, 2.05) is 52.0 Å². The first-order valence-corrected chi connectivity index (χ1v) is 7.65. The summed E-state index contributed by atoms with van der Waals surface area (Å²) in [7, 11) is -0.432. The number of halogens is 1. The topological polar surface area (TPSA) is 60.3 Å². The summed E-state index contributed by atoms with van der Waals surface area (Å²) in [6, 6.07) is 7.44. The lowest BCUT2D eigenvalue weighted by atomic mass is 9.78. The Kier molecular flexibility index (Phi) is 3.78. The highest BCUT2D eigenvalue weighted by atomic mass is 19.1. The van der Waals surface area contributed by atoms with Crippen molar-refractivity contribution >= 4 is 18.3 Å². The minimum atomic E-state index is -1.83. The van der Waals surface area contributed by atoms with Crippen LogP contribution in [0.1, 0.15) is 39.7 Å². The normalized spacial score (nSPS) is 28.6. The summed E-state index contributed by atoms with van der Waals surface area (Å²) in [5.74, 6) is -1.83. The van der Waals surface area contributed by atoms with Crippen molar-refractivity contribution in [3.05, 3.63) is 29.8 Å². The number of hydrogen-bond acceptors (Lipinski definition) is 5. The Labute approximate surface area is 135 Å². The van der Waals surface area contributed by atoms with E-state index in [4.69, 9.17) is 14.1 Å². The molecule has 0 aliphatic carbocycles. The van der Waals surface area contributed by atoms with Gasteiger partial charge in [0.2, 0.25) is 0 Å². The summed E-state index contributed by atoms with van der Waals surface area (Å²) < 4.78 is 24.7. The maximum absolute atomic E-state index is 12.7. The van der Waals surface area contributed by atoms with Crippen molar-refractivity contribution in [3.8, 4) is 0 Å². The fourth-order valence-electron chi connectivity index (χ4n) is 2.50. The van der Waals surface area contributed by atoms with Crippen molar-refractivity contribution in [2.75, 3.05) is 6.67 Å². The zero-order valence-electron chi connectivity index (χ0n) is 13.8. The van der Waals surface area contributed by atoms with E-state index >= 15 is 0 Å². The predicted molar refractivity (Wildman–Crippen MR) is 85.3 cm³/mol. The molecule has 1 unspecified atom stereocenters. The van der Waals surface area contributed by atoms with Crippen molar-refractivity contribution in [3.63, 3.8) is 0 Å². The summed E-state index contributed by atoms with van der Waals surface area (Å²) in [6.45, 7) is 7.02. The smallest absolute Gasteiger partial charge is 0.399 e. The van der Waals surface area contributed by atoms with Crippen molar-refractivity contribution in [1.29, 1.82) is 0 Å². The lowest BCUT2D eigenvalue weighted by Gasteiger charge is -2.32. The predicted octanol–water partition coefficient (Wildman–Crippen LogP) is 1.77. The van der Waals surface area contributed by atoms with Crippen LogP contribution in [0.4, 0.5) is 4.39 Å². The van der Waals surface area contributed by atoms with Crippen molar-refractivity contribution in [2.24, 2.45) is 5.16 Å². The van der Waals surface area contributed by atoms with Crippen LogP contribution in [-0.2, 0) is 14.1 Å². The van der Waals surface area contributed by atoms with Crippen LogP contribution in [0.2, 0.25) is 0 Å². The zero-order chi connectivity index (χ0) is 16.9. The van der Waals surface area contributed by atoms with Crippen LogP contribution < -0.4 is 5.46 Å². The fourth-order valence-corrected chi connectivity index (χ4v) is 2.50. The first-order valence-electron chi connectivity index (χ1n) is 7.65. The van der Waals surface area contributed by atoms with Crippen molar-refractivity contribution in [2.45, 2.75) is 51.1 Å². The molecule has 1 saturated heterocycles. The monoisotopic (exact) mass is 321 g/mol. The molecule has 0 amide bonds. The highest BCUT2D eigenvalue weighted by molar-refractivity contribution is 6.62. The van der Waals surface area contributed by atoms with E-state index in [2.05, 4.69) is 5.16 Å². The Bertz CT molecular complexity index is 615. The molecule has 2 aliphatic heterocycles. The van der Waals surface area contributed by atoms with Gasteiger partial charge in [0.1, 0.15) is 0 Å². The number of oxime groups is 1. The summed E-state index contributed by atoms with van der Waals surface area (Å²) in [5, 5.41) is 13.5. The highest BCUT2D eigenvalue weighted by Gasteiger charge is 2.51. The van der Waals surface area contributed by atoms with E-state index in [1.54, 1.807) is 0 Å². The van der Waals surface area contributed by atoms with Crippen LogP contribution in [0.15, 0.2) is 29.4 Å². The molecule has 23 heavy (non-hydrogen) atoms. The minimum Gasteiger partial charge on any atom is -0.399 e. The SMILES string of the molecule is CC1(C)OB(c2ccc(C3=NOC(O)(CF)C3)cc2)OC1(C)C. The first kappa shape index (κ1) is 16.4. The molecule has 0 bridgehead atoms. The maximum Gasteiger partial charge on any atom is 0.494 e. The van der Waals surface area contributed by atoms with Gasteiger partial charge in [-0.3, -0.25) is 0 Å². The van der Waals surface area contributed by atoms with Crippen LogP contribution in [0.3, 0.4) is 0 Å². The molecule has 0 spiro atoms. The maximum atomic E-state index is 12.7. The first-order chi connectivity index (χ1) is 10.7. The molecular weight excluding hydrogens is 300 g/mol. The van der Waals surface area contributed by atoms with E-state index in [9.17, 15) is 9.50 Å². The Morgan fingerprint density at radius 2 is 1.70 bits per heavy atom. The fraction of sp³-hybridized carbons (Fsp3) is 0.562. The second-order valence-corrected chi connectivity index (χ2v) is 7.10. The molecule has 7 heteroatoms. The molecule has 5 nitrogen and oxygen atoms in total. The zero-order valence-corrected chi connectivity index (χ0v) is 13.8. The second kappa shape index (κ2) is 5.29. The standard InChI is InChI=1S/C16H21BFNO4/c1-14(2)15(3,4)22-17(21-14)12-7-5-11(6-8-12)13-9-16(20,10-18)23-19-13/h5-8,20H,9-10H2,1-4H3. The lowest BCUT2D eigenvalue weighted by Crippen LogP contribution is -2.41. The third kappa shape index (κ3) is 2.89. The van der Waals surface area contributed by atoms with Gasteiger partial charge in [0.05, 0.1) is 23.3 Å². The molecular formula is C16H21BFNO4. The van der Waals surface area contributed by atoms with Gasteiger partial charge in [-0.15, -0.1) is 0 Å². The average Bonchev–Trinajstić information content (AvgIpc) is 2.98. The summed E-state index contributed by atoms with van der Waals surface area (Å²) in [6.07, 6.45) is 0.0271. The molecule has 3 rings (SSSR count). The van der Waals surface area contributed by atoms with Crippen LogP contribution in [0.5, 0.6) is 0 Å². The van der Waals surface area contributed by atoms with Gasteiger partial charge in [-0.05, 0) is 38.7 Å². The van der Waals surface area contributed by atoms with Gasteiger partial charge in [0.25, 0.3) is 5.79 Å². The minimum absolute atomic E-state index is 0.0271. The van der Waals surface area contributed by atoms with Crippen molar-refractivity contribution in [1.82, 2.24) is 0 Å². The van der Waals surface area contributed by atoms with Crippen LogP contribution >= 0.6 is 0 Å². The van der Waals surface area contributed by atoms with Gasteiger partial charge in [-0.1, -0.05) is 29.4 Å². The van der Waals surface area contributed by atoms with Gasteiger partial charge >= 0.3 is 7.12 Å². The number of alkyl halides is 1. The van der Waals surface area contributed by atoms with Gasteiger partial charge in [-0.2, -0.15) is 0 Å². The number of nitrogens with zero attached hydrogens (tertiary/aromatic N) is 1. The average molecular weight is 321 g/mol. The lowest BCUT2D eigenvalue weighted by molar-refractivity contribution is -0.193. The van der Waals surface area contributed by atoms with Crippen LogP contribution in [0, 0.1) is 0 Å². The summed E-state index contributed by atoms with van der Waals surface area (Å²) >= 11 is 0. The molecule has 0 aromatic heterocycles. The van der Waals surface area contributed by atoms with Crippen LogP contribution in [-0.4, -0.2) is 41.6 Å².